The maximum atomic E-state index is 4.59. The normalized spacial score (nSPS) is 20.2. The highest BCUT2D eigenvalue weighted by atomic mass is 15.3. The van der Waals surface area contributed by atoms with Crippen LogP contribution in [0.3, 0.4) is 0 Å². The molecule has 4 heteroatoms. The lowest BCUT2D eigenvalue weighted by Gasteiger charge is -2.13. The first-order valence-corrected chi connectivity index (χ1v) is 6.62. The van der Waals surface area contributed by atoms with Gasteiger partial charge in [-0.2, -0.15) is 5.10 Å². The lowest BCUT2D eigenvalue weighted by atomic mass is 10.2. The van der Waals surface area contributed by atoms with Gasteiger partial charge in [-0.05, 0) is 47.1 Å². The average molecular weight is 236 g/mol. The van der Waals surface area contributed by atoms with Crippen molar-refractivity contribution in [3.63, 3.8) is 0 Å². The van der Waals surface area contributed by atoms with E-state index in [9.17, 15) is 0 Å². The minimum absolute atomic E-state index is 0.425. The molecule has 1 aliphatic heterocycles. The number of hydrogen-bond acceptors (Lipinski definition) is 3. The van der Waals surface area contributed by atoms with Gasteiger partial charge < -0.3 is 10.6 Å². The molecule has 1 saturated heterocycles. The Morgan fingerprint density at radius 3 is 2.76 bits per heavy atom. The SMILES string of the molecule is Cc1nn(C(C)C)c(C)c1NCC1CCCN1. The van der Waals surface area contributed by atoms with Crippen LogP contribution in [0.5, 0.6) is 0 Å². The molecule has 0 amide bonds. The van der Waals surface area contributed by atoms with Crippen LogP contribution >= 0.6 is 0 Å². The predicted molar refractivity (Wildman–Crippen MR) is 71.6 cm³/mol. The van der Waals surface area contributed by atoms with Crippen LogP contribution in [0.15, 0.2) is 0 Å². The highest BCUT2D eigenvalue weighted by Gasteiger charge is 2.17. The smallest absolute Gasteiger partial charge is 0.0828 e. The van der Waals surface area contributed by atoms with Crippen molar-refractivity contribution in [1.82, 2.24) is 15.1 Å². The summed E-state index contributed by atoms with van der Waals surface area (Å²) in [6, 6.07) is 1.05. The van der Waals surface area contributed by atoms with Gasteiger partial charge >= 0.3 is 0 Å². The summed E-state index contributed by atoms with van der Waals surface area (Å²) in [7, 11) is 0. The van der Waals surface area contributed by atoms with Crippen LogP contribution in [-0.2, 0) is 0 Å². The summed E-state index contributed by atoms with van der Waals surface area (Å²) in [6.45, 7) is 10.7. The summed E-state index contributed by atoms with van der Waals surface area (Å²) < 4.78 is 2.10. The largest absolute Gasteiger partial charge is 0.381 e. The van der Waals surface area contributed by atoms with E-state index in [-0.39, 0.29) is 0 Å². The predicted octanol–water partition coefficient (Wildman–Crippen LogP) is 2.24. The lowest BCUT2D eigenvalue weighted by Crippen LogP contribution is -2.29. The van der Waals surface area contributed by atoms with Crippen LogP contribution in [0.2, 0.25) is 0 Å². The highest BCUT2D eigenvalue weighted by molar-refractivity contribution is 5.52. The number of nitrogens with zero attached hydrogens (tertiary/aromatic N) is 2. The summed E-state index contributed by atoms with van der Waals surface area (Å²) in [5.74, 6) is 0. The number of anilines is 1. The lowest BCUT2D eigenvalue weighted by molar-refractivity contribution is 0.516. The van der Waals surface area contributed by atoms with E-state index in [1.54, 1.807) is 0 Å². The van der Waals surface area contributed by atoms with Crippen LogP contribution < -0.4 is 10.6 Å². The van der Waals surface area contributed by atoms with Crippen molar-refractivity contribution in [3.05, 3.63) is 11.4 Å². The van der Waals surface area contributed by atoms with Gasteiger partial charge in [0.25, 0.3) is 0 Å². The number of aryl methyl sites for hydroxylation is 1. The van der Waals surface area contributed by atoms with Gasteiger partial charge in [0.2, 0.25) is 0 Å². The molecule has 0 bridgehead atoms. The monoisotopic (exact) mass is 236 g/mol. The maximum absolute atomic E-state index is 4.59. The Bertz CT molecular complexity index is 375. The molecule has 2 rings (SSSR count). The topological polar surface area (TPSA) is 41.9 Å². The van der Waals surface area contributed by atoms with E-state index in [0.29, 0.717) is 12.1 Å². The molecular formula is C13H24N4. The van der Waals surface area contributed by atoms with E-state index >= 15 is 0 Å². The molecule has 2 heterocycles. The average Bonchev–Trinajstić information content (AvgIpc) is 2.86. The third kappa shape index (κ3) is 2.63. The van der Waals surface area contributed by atoms with Crippen LogP contribution in [0, 0.1) is 13.8 Å². The molecule has 1 atom stereocenters. The van der Waals surface area contributed by atoms with Crippen molar-refractivity contribution in [2.24, 2.45) is 0 Å². The molecule has 1 unspecified atom stereocenters. The van der Waals surface area contributed by atoms with Crippen molar-refractivity contribution >= 4 is 5.69 Å². The molecule has 1 fully saturated rings. The number of rotatable bonds is 4. The van der Waals surface area contributed by atoms with E-state index in [2.05, 4.69) is 48.1 Å². The molecule has 96 valence electrons. The van der Waals surface area contributed by atoms with Crippen LogP contribution in [-0.4, -0.2) is 28.9 Å². The third-order valence-electron chi connectivity index (χ3n) is 3.50. The summed E-state index contributed by atoms with van der Waals surface area (Å²) in [5.41, 5.74) is 3.57. The van der Waals surface area contributed by atoms with E-state index in [1.807, 2.05) is 0 Å². The van der Waals surface area contributed by atoms with Crippen molar-refractivity contribution in [2.45, 2.75) is 52.6 Å². The molecule has 0 aromatic carbocycles. The fourth-order valence-electron chi connectivity index (χ4n) is 2.58. The second kappa shape index (κ2) is 5.08. The van der Waals surface area contributed by atoms with Gasteiger partial charge in [-0.15, -0.1) is 0 Å². The quantitative estimate of drug-likeness (QED) is 0.842. The minimum atomic E-state index is 0.425. The Balaban J connectivity index is 2.04. The Labute approximate surface area is 104 Å². The van der Waals surface area contributed by atoms with Gasteiger partial charge in [0, 0.05) is 18.6 Å². The molecule has 0 aliphatic carbocycles. The van der Waals surface area contributed by atoms with Crippen LogP contribution in [0.1, 0.15) is 44.1 Å². The molecule has 0 radical (unpaired) electrons. The molecule has 2 N–H and O–H groups in total. The van der Waals surface area contributed by atoms with Crippen molar-refractivity contribution in [3.8, 4) is 0 Å². The molecule has 1 aromatic heterocycles. The first-order chi connectivity index (χ1) is 8.09. The first kappa shape index (κ1) is 12.4. The standard InChI is InChI=1S/C13H24N4/c1-9(2)17-11(4)13(10(3)16-17)15-8-12-6-5-7-14-12/h9,12,14-15H,5-8H2,1-4H3. The highest BCUT2D eigenvalue weighted by Crippen LogP contribution is 2.22. The fourth-order valence-corrected chi connectivity index (χ4v) is 2.58. The summed E-state index contributed by atoms with van der Waals surface area (Å²) in [5, 5.41) is 11.6. The van der Waals surface area contributed by atoms with Gasteiger partial charge in [-0.1, -0.05) is 0 Å². The van der Waals surface area contributed by atoms with Gasteiger partial charge in [-0.3, -0.25) is 4.68 Å². The second-order valence-corrected chi connectivity index (χ2v) is 5.26. The Kier molecular flexibility index (Phi) is 3.72. The molecule has 0 saturated carbocycles. The van der Waals surface area contributed by atoms with Gasteiger partial charge in [0.1, 0.15) is 0 Å². The fraction of sp³-hybridized carbons (Fsp3) is 0.769. The van der Waals surface area contributed by atoms with Crippen LogP contribution in [0.25, 0.3) is 0 Å². The second-order valence-electron chi connectivity index (χ2n) is 5.26. The molecule has 17 heavy (non-hydrogen) atoms. The first-order valence-electron chi connectivity index (χ1n) is 6.62. The van der Waals surface area contributed by atoms with E-state index in [4.69, 9.17) is 0 Å². The summed E-state index contributed by atoms with van der Waals surface area (Å²) in [4.78, 5) is 0. The number of aromatic nitrogens is 2. The van der Waals surface area contributed by atoms with E-state index in [0.717, 1.165) is 18.8 Å². The molecule has 1 aromatic rings. The van der Waals surface area contributed by atoms with Crippen molar-refractivity contribution in [2.75, 3.05) is 18.4 Å². The zero-order chi connectivity index (χ0) is 12.4. The Hall–Kier alpha value is -1.03. The van der Waals surface area contributed by atoms with Gasteiger partial charge in [0.15, 0.2) is 0 Å². The van der Waals surface area contributed by atoms with Crippen LogP contribution in [0.4, 0.5) is 5.69 Å². The maximum Gasteiger partial charge on any atom is 0.0828 e. The van der Waals surface area contributed by atoms with Gasteiger partial charge in [-0.25, -0.2) is 0 Å². The minimum Gasteiger partial charge on any atom is -0.381 e. The molecule has 0 spiro atoms. The van der Waals surface area contributed by atoms with E-state index < -0.39 is 0 Å². The molecule has 1 aliphatic rings. The summed E-state index contributed by atoms with van der Waals surface area (Å²) in [6.07, 6.45) is 2.58. The number of hydrogen-bond donors (Lipinski definition) is 2. The zero-order valence-electron chi connectivity index (χ0n) is 11.4. The zero-order valence-corrected chi connectivity index (χ0v) is 11.4. The molecular weight excluding hydrogens is 212 g/mol. The Morgan fingerprint density at radius 1 is 1.47 bits per heavy atom. The third-order valence-corrected chi connectivity index (χ3v) is 3.50. The van der Waals surface area contributed by atoms with Crippen molar-refractivity contribution < 1.29 is 0 Å². The van der Waals surface area contributed by atoms with Crippen molar-refractivity contribution in [1.29, 1.82) is 0 Å². The Morgan fingerprint density at radius 2 is 2.24 bits per heavy atom. The molecule has 4 nitrogen and oxygen atoms in total. The van der Waals surface area contributed by atoms with Gasteiger partial charge in [0.05, 0.1) is 17.1 Å². The summed E-state index contributed by atoms with van der Waals surface area (Å²) >= 11 is 0. The number of nitrogens with one attached hydrogen (secondary N) is 2. The van der Waals surface area contributed by atoms with E-state index in [1.165, 1.54) is 24.2 Å².